The smallest absolute Gasteiger partial charge is 0.211 e. The molecule has 82 valence electrons. The van der Waals surface area contributed by atoms with E-state index >= 15 is 0 Å². The van der Waals surface area contributed by atoms with Crippen molar-refractivity contribution in [2.75, 3.05) is 0 Å². The van der Waals surface area contributed by atoms with Crippen molar-refractivity contribution < 1.29 is 18.0 Å². The summed E-state index contributed by atoms with van der Waals surface area (Å²) in [7, 11) is 0. The van der Waals surface area contributed by atoms with Crippen molar-refractivity contribution in [2.24, 2.45) is 4.99 Å². The van der Waals surface area contributed by atoms with Crippen LogP contribution in [0, 0.1) is 11.3 Å². The quantitative estimate of drug-likeness (QED) is 0.588. The normalized spacial score (nSPS) is 10.4. The Hall–Kier alpha value is -1.64. The van der Waals surface area contributed by atoms with Gasteiger partial charge in [0.1, 0.15) is 0 Å². The van der Waals surface area contributed by atoms with Crippen LogP contribution in [0.15, 0.2) is 21.6 Å². The number of aliphatic imine (C=N–C) groups is 1. The number of hydrogen-bond acceptors (Lipinski definition) is 3. The number of nitrogens with zero attached hydrogens (tertiary/aromatic N) is 2. The maximum Gasteiger partial charge on any atom is 0.417 e. The summed E-state index contributed by atoms with van der Waals surface area (Å²) >= 11 is 2.90. The number of nitriles is 1. The molecule has 0 unspecified atom stereocenters. The molecular formula is C9H2BrF3N2O. The van der Waals surface area contributed by atoms with Gasteiger partial charge >= 0.3 is 6.18 Å². The van der Waals surface area contributed by atoms with Gasteiger partial charge < -0.3 is 0 Å². The highest BCUT2D eigenvalue weighted by molar-refractivity contribution is 9.10. The van der Waals surface area contributed by atoms with Crippen molar-refractivity contribution in [2.45, 2.75) is 6.18 Å². The van der Waals surface area contributed by atoms with Gasteiger partial charge in [-0.1, -0.05) is 0 Å². The lowest BCUT2D eigenvalue weighted by Crippen LogP contribution is -2.07. The zero-order valence-electron chi connectivity index (χ0n) is 7.47. The lowest BCUT2D eigenvalue weighted by atomic mass is 10.1. The molecule has 1 aromatic rings. The van der Waals surface area contributed by atoms with Crippen molar-refractivity contribution in [3.05, 3.63) is 27.7 Å². The zero-order chi connectivity index (χ0) is 12.3. The summed E-state index contributed by atoms with van der Waals surface area (Å²) in [6, 6.07) is 3.00. The number of rotatable bonds is 1. The lowest BCUT2D eigenvalue weighted by Gasteiger charge is -2.09. The van der Waals surface area contributed by atoms with Gasteiger partial charge in [0.15, 0.2) is 0 Å². The molecular weight excluding hydrogens is 289 g/mol. The largest absolute Gasteiger partial charge is 0.417 e. The fourth-order valence-corrected chi connectivity index (χ4v) is 1.46. The maximum atomic E-state index is 12.5. The summed E-state index contributed by atoms with van der Waals surface area (Å²) in [5.41, 5.74) is -1.89. The molecule has 0 aromatic heterocycles. The van der Waals surface area contributed by atoms with E-state index in [-0.39, 0.29) is 10.2 Å². The molecule has 0 aliphatic heterocycles. The van der Waals surface area contributed by atoms with Crippen LogP contribution in [0.5, 0.6) is 0 Å². The number of halogens is 4. The monoisotopic (exact) mass is 290 g/mol. The van der Waals surface area contributed by atoms with E-state index in [0.717, 1.165) is 12.1 Å². The number of benzene rings is 1. The number of carbonyl (C=O) groups excluding carboxylic acids is 1. The van der Waals surface area contributed by atoms with E-state index in [4.69, 9.17) is 5.26 Å². The van der Waals surface area contributed by atoms with Crippen LogP contribution in [-0.4, -0.2) is 6.08 Å². The third-order valence-electron chi connectivity index (χ3n) is 1.68. The molecule has 3 nitrogen and oxygen atoms in total. The summed E-state index contributed by atoms with van der Waals surface area (Å²) in [5.74, 6) is 0. The van der Waals surface area contributed by atoms with Crippen LogP contribution >= 0.6 is 15.9 Å². The SMILES string of the molecule is N#Cc1cc(Br)c(N=C=O)cc1C(F)(F)F. The van der Waals surface area contributed by atoms with Crippen molar-refractivity contribution in [1.29, 1.82) is 5.26 Å². The van der Waals surface area contributed by atoms with Crippen molar-refractivity contribution in [3.63, 3.8) is 0 Å². The average Bonchev–Trinajstić information content (AvgIpc) is 2.19. The Kier molecular flexibility index (Phi) is 3.48. The molecule has 0 atom stereocenters. The third kappa shape index (κ3) is 2.48. The first kappa shape index (κ1) is 12.4. The molecule has 0 N–H and O–H groups in total. The highest BCUT2D eigenvalue weighted by atomic mass is 79.9. The molecule has 1 aromatic carbocycles. The molecule has 7 heteroatoms. The van der Waals surface area contributed by atoms with E-state index in [9.17, 15) is 18.0 Å². The maximum absolute atomic E-state index is 12.5. The third-order valence-corrected chi connectivity index (χ3v) is 2.31. The van der Waals surface area contributed by atoms with Crippen LogP contribution in [0.4, 0.5) is 18.9 Å². The van der Waals surface area contributed by atoms with E-state index < -0.39 is 17.3 Å². The van der Waals surface area contributed by atoms with Crippen LogP contribution < -0.4 is 0 Å². The number of hydrogen-bond donors (Lipinski definition) is 0. The Balaban J connectivity index is 3.54. The van der Waals surface area contributed by atoms with Crippen LogP contribution in [0.1, 0.15) is 11.1 Å². The van der Waals surface area contributed by atoms with Gasteiger partial charge in [-0.25, -0.2) is 4.79 Å². The molecule has 0 aliphatic carbocycles. The van der Waals surface area contributed by atoms with Crippen molar-refractivity contribution >= 4 is 27.7 Å². The molecule has 0 saturated heterocycles. The van der Waals surface area contributed by atoms with E-state index in [2.05, 4.69) is 20.9 Å². The minimum Gasteiger partial charge on any atom is -0.211 e. The average molecular weight is 291 g/mol. The molecule has 16 heavy (non-hydrogen) atoms. The van der Waals surface area contributed by atoms with Crippen LogP contribution in [0.25, 0.3) is 0 Å². The highest BCUT2D eigenvalue weighted by Crippen LogP contribution is 2.37. The van der Waals surface area contributed by atoms with Gasteiger partial charge in [0.25, 0.3) is 0 Å². The predicted octanol–water partition coefficient (Wildman–Crippen LogP) is 3.31. The summed E-state index contributed by atoms with van der Waals surface area (Å²) < 4.78 is 37.6. The minimum absolute atomic E-state index is 0.125. The summed E-state index contributed by atoms with van der Waals surface area (Å²) in [4.78, 5) is 13.1. The Morgan fingerprint density at radius 1 is 1.38 bits per heavy atom. The van der Waals surface area contributed by atoms with Gasteiger partial charge in [-0.2, -0.15) is 23.4 Å². The second-order valence-corrected chi connectivity index (χ2v) is 3.52. The summed E-state index contributed by atoms with van der Waals surface area (Å²) in [5, 5.41) is 8.55. The van der Waals surface area contributed by atoms with Crippen molar-refractivity contribution in [1.82, 2.24) is 0 Å². The Bertz CT molecular complexity index is 513. The van der Waals surface area contributed by atoms with E-state index in [1.54, 1.807) is 0 Å². The highest BCUT2D eigenvalue weighted by Gasteiger charge is 2.34. The van der Waals surface area contributed by atoms with Gasteiger partial charge in [0.2, 0.25) is 6.08 Å². The van der Waals surface area contributed by atoms with E-state index in [1.165, 1.54) is 6.07 Å². The fraction of sp³-hybridized carbons (Fsp3) is 0.111. The van der Waals surface area contributed by atoms with Crippen LogP contribution in [0.2, 0.25) is 0 Å². The zero-order valence-corrected chi connectivity index (χ0v) is 9.06. The second-order valence-electron chi connectivity index (χ2n) is 2.66. The van der Waals surface area contributed by atoms with E-state index in [1.807, 2.05) is 0 Å². The van der Waals surface area contributed by atoms with Crippen LogP contribution in [-0.2, 0) is 11.0 Å². The predicted molar refractivity (Wildman–Crippen MR) is 51.6 cm³/mol. The van der Waals surface area contributed by atoms with Crippen LogP contribution in [0.3, 0.4) is 0 Å². The van der Waals surface area contributed by atoms with Crippen molar-refractivity contribution in [3.8, 4) is 6.07 Å². The standard InChI is InChI=1S/C9H2BrF3N2O/c10-7-1-5(3-14)6(9(11,12)13)2-8(7)15-4-16/h1-2H. The molecule has 0 aliphatic rings. The van der Waals surface area contributed by atoms with E-state index in [0.29, 0.717) is 6.07 Å². The van der Waals surface area contributed by atoms with Gasteiger partial charge in [0.05, 0.1) is 22.9 Å². The molecule has 0 bridgehead atoms. The first-order chi connectivity index (χ1) is 7.40. The summed E-state index contributed by atoms with van der Waals surface area (Å²) in [6.07, 6.45) is -3.53. The molecule has 0 amide bonds. The lowest BCUT2D eigenvalue weighted by molar-refractivity contribution is -0.137. The molecule has 0 spiro atoms. The molecule has 0 heterocycles. The van der Waals surface area contributed by atoms with Gasteiger partial charge in [0, 0.05) is 4.47 Å². The first-order valence-electron chi connectivity index (χ1n) is 3.79. The second kappa shape index (κ2) is 4.47. The Morgan fingerprint density at radius 3 is 2.44 bits per heavy atom. The first-order valence-corrected chi connectivity index (χ1v) is 4.58. The fourth-order valence-electron chi connectivity index (χ4n) is 1.02. The van der Waals surface area contributed by atoms with Gasteiger partial charge in [-0.3, -0.25) is 0 Å². The number of isocyanates is 1. The molecule has 1 rings (SSSR count). The molecule has 0 fully saturated rings. The number of alkyl halides is 3. The topological polar surface area (TPSA) is 53.2 Å². The Labute approximate surface area is 96.3 Å². The minimum atomic E-state index is -4.67. The molecule has 0 saturated carbocycles. The molecule has 0 radical (unpaired) electrons. The summed E-state index contributed by atoms with van der Waals surface area (Å²) in [6.45, 7) is 0. The Morgan fingerprint density at radius 2 is 2.00 bits per heavy atom. The van der Waals surface area contributed by atoms with Gasteiger partial charge in [-0.15, -0.1) is 0 Å². The van der Waals surface area contributed by atoms with Gasteiger partial charge in [-0.05, 0) is 28.1 Å².